The minimum Gasteiger partial charge on any atom is -0.480 e. The van der Waals surface area contributed by atoms with Crippen molar-refractivity contribution in [3.63, 3.8) is 0 Å². The van der Waals surface area contributed by atoms with Crippen molar-refractivity contribution < 1.29 is 19.4 Å². The molecule has 0 spiro atoms. The van der Waals surface area contributed by atoms with Gasteiger partial charge in [-0.05, 0) is 23.9 Å². The summed E-state index contributed by atoms with van der Waals surface area (Å²) in [6.45, 7) is 3.79. The number of nitrogens with one attached hydrogen (secondary N) is 1. The first-order valence-electron chi connectivity index (χ1n) is 6.00. The molecular formula is C11H18N4O4S. The maximum atomic E-state index is 11.5. The van der Waals surface area contributed by atoms with Crippen LogP contribution in [0.25, 0.3) is 0 Å². The lowest BCUT2D eigenvalue weighted by molar-refractivity contribution is -0.140. The Morgan fingerprint density at radius 1 is 1.50 bits per heavy atom. The van der Waals surface area contributed by atoms with E-state index in [1.807, 2.05) is 13.8 Å². The molecule has 8 nitrogen and oxygen atoms in total. The van der Waals surface area contributed by atoms with Gasteiger partial charge in [0.1, 0.15) is 17.1 Å². The van der Waals surface area contributed by atoms with E-state index in [9.17, 15) is 14.7 Å². The second kappa shape index (κ2) is 7.15. The molecule has 0 aliphatic carbocycles. The van der Waals surface area contributed by atoms with Crippen molar-refractivity contribution in [2.24, 2.45) is 11.7 Å². The molecular weight excluding hydrogens is 284 g/mol. The van der Waals surface area contributed by atoms with Crippen molar-refractivity contribution in [2.75, 3.05) is 7.11 Å². The molecule has 2 atom stereocenters. The topological polar surface area (TPSA) is 127 Å². The number of primary amides is 1. The third-order valence-electron chi connectivity index (χ3n) is 2.51. The number of carbonyl (C=O) groups excluding carboxylic acids is 1. The highest BCUT2D eigenvalue weighted by Gasteiger charge is 2.29. The number of hydrogen-bond donors (Lipinski definition) is 3. The Morgan fingerprint density at radius 2 is 2.15 bits per heavy atom. The highest BCUT2D eigenvalue weighted by Crippen LogP contribution is 2.20. The minimum absolute atomic E-state index is 0.119. The summed E-state index contributed by atoms with van der Waals surface area (Å²) in [6, 6.07) is -1.77. The van der Waals surface area contributed by atoms with E-state index in [1.54, 1.807) is 0 Å². The van der Waals surface area contributed by atoms with Crippen LogP contribution >= 0.6 is 11.5 Å². The molecule has 1 aromatic heterocycles. The average molecular weight is 302 g/mol. The van der Waals surface area contributed by atoms with Gasteiger partial charge in [-0.3, -0.25) is 14.9 Å². The van der Waals surface area contributed by atoms with E-state index in [2.05, 4.69) is 14.7 Å². The smallest absolute Gasteiger partial charge is 0.328 e. The molecule has 1 amide bonds. The van der Waals surface area contributed by atoms with Crippen LogP contribution in [0.5, 0.6) is 6.01 Å². The number of ether oxygens (including phenoxy) is 1. The Bertz CT molecular complexity index is 477. The summed E-state index contributed by atoms with van der Waals surface area (Å²) in [5.41, 5.74) is 5.30. The summed E-state index contributed by atoms with van der Waals surface area (Å²) < 4.78 is 8.70. The molecule has 0 saturated carbocycles. The lowest BCUT2D eigenvalue weighted by Gasteiger charge is -2.20. The number of nitrogens with two attached hydrogens (primary N) is 1. The molecule has 1 aromatic rings. The number of aromatic nitrogens is 2. The standard InChI is InChI=1S/C11H18N4O4S/c1-5(2)4-6(10(17)18)13-7(8(12)16)9-14-11(19-3)15-20-9/h5-7,13H,4H2,1-3H3,(H2,12,16)(H,17,18)/t6-,7?/m0/s1. The van der Waals surface area contributed by atoms with Gasteiger partial charge in [-0.25, -0.2) is 0 Å². The molecule has 0 aliphatic rings. The molecule has 4 N–H and O–H groups in total. The lowest BCUT2D eigenvalue weighted by atomic mass is 10.0. The van der Waals surface area contributed by atoms with Crippen molar-refractivity contribution in [3.8, 4) is 6.01 Å². The van der Waals surface area contributed by atoms with Gasteiger partial charge in [0, 0.05) is 0 Å². The number of amides is 1. The summed E-state index contributed by atoms with van der Waals surface area (Å²) in [5.74, 6) is -1.60. The number of hydrogen-bond acceptors (Lipinski definition) is 7. The Hall–Kier alpha value is -1.74. The van der Waals surface area contributed by atoms with Crippen LogP contribution in [0.3, 0.4) is 0 Å². The zero-order valence-corrected chi connectivity index (χ0v) is 12.3. The number of aliphatic carboxylic acids is 1. The zero-order chi connectivity index (χ0) is 15.3. The van der Waals surface area contributed by atoms with Gasteiger partial charge in [0.2, 0.25) is 5.91 Å². The fourth-order valence-electron chi connectivity index (χ4n) is 1.61. The number of methoxy groups -OCH3 is 1. The van der Waals surface area contributed by atoms with Crippen LogP contribution in [0, 0.1) is 5.92 Å². The van der Waals surface area contributed by atoms with E-state index in [4.69, 9.17) is 10.5 Å². The molecule has 0 fully saturated rings. The fourth-order valence-corrected chi connectivity index (χ4v) is 2.30. The molecule has 20 heavy (non-hydrogen) atoms. The second-order valence-electron chi connectivity index (χ2n) is 4.64. The van der Waals surface area contributed by atoms with Crippen molar-refractivity contribution in [3.05, 3.63) is 5.01 Å². The third-order valence-corrected chi connectivity index (χ3v) is 3.27. The highest BCUT2D eigenvalue weighted by atomic mass is 32.1. The number of carboxylic acid groups (broad SMARTS) is 1. The average Bonchev–Trinajstić information content (AvgIpc) is 2.81. The third kappa shape index (κ3) is 4.42. The van der Waals surface area contributed by atoms with Gasteiger partial charge >= 0.3 is 12.0 Å². The number of carbonyl (C=O) groups is 2. The van der Waals surface area contributed by atoms with E-state index >= 15 is 0 Å². The maximum Gasteiger partial charge on any atom is 0.328 e. The Morgan fingerprint density at radius 3 is 2.55 bits per heavy atom. The van der Waals surface area contributed by atoms with E-state index in [-0.39, 0.29) is 16.9 Å². The normalized spacial score (nSPS) is 14.0. The Labute approximate surface area is 120 Å². The van der Waals surface area contributed by atoms with Crippen molar-refractivity contribution in [1.82, 2.24) is 14.7 Å². The zero-order valence-electron chi connectivity index (χ0n) is 11.5. The first-order chi connectivity index (χ1) is 9.35. The van der Waals surface area contributed by atoms with Gasteiger partial charge in [0.15, 0.2) is 0 Å². The Kier molecular flexibility index (Phi) is 5.83. The Balaban J connectivity index is 2.90. The highest BCUT2D eigenvalue weighted by molar-refractivity contribution is 7.05. The van der Waals surface area contributed by atoms with E-state index in [0.29, 0.717) is 6.42 Å². The van der Waals surface area contributed by atoms with Crippen molar-refractivity contribution >= 4 is 23.4 Å². The van der Waals surface area contributed by atoms with Crippen LogP contribution in [0.1, 0.15) is 31.3 Å². The van der Waals surface area contributed by atoms with E-state index in [0.717, 1.165) is 11.5 Å². The number of carboxylic acids is 1. The van der Waals surface area contributed by atoms with Crippen LogP contribution in [0.4, 0.5) is 0 Å². The molecule has 1 unspecified atom stereocenters. The summed E-state index contributed by atoms with van der Waals surface area (Å²) in [6.07, 6.45) is 0.370. The molecule has 112 valence electrons. The monoisotopic (exact) mass is 302 g/mol. The quantitative estimate of drug-likeness (QED) is 0.624. The predicted molar refractivity (Wildman–Crippen MR) is 72.4 cm³/mol. The van der Waals surface area contributed by atoms with Crippen molar-refractivity contribution in [1.29, 1.82) is 0 Å². The van der Waals surface area contributed by atoms with Gasteiger partial charge in [0.25, 0.3) is 0 Å². The summed E-state index contributed by atoms with van der Waals surface area (Å²) in [5, 5.41) is 12.2. The van der Waals surface area contributed by atoms with Crippen molar-refractivity contribution in [2.45, 2.75) is 32.4 Å². The lowest BCUT2D eigenvalue weighted by Crippen LogP contribution is -2.44. The van der Waals surface area contributed by atoms with Gasteiger partial charge in [-0.2, -0.15) is 4.98 Å². The van der Waals surface area contributed by atoms with Gasteiger partial charge < -0.3 is 15.6 Å². The fraction of sp³-hybridized carbons (Fsp3) is 0.636. The molecule has 1 heterocycles. The molecule has 0 aromatic carbocycles. The van der Waals surface area contributed by atoms with E-state index in [1.165, 1.54) is 7.11 Å². The van der Waals surface area contributed by atoms with Gasteiger partial charge in [0.05, 0.1) is 7.11 Å². The van der Waals surface area contributed by atoms with Crippen LogP contribution in [0.15, 0.2) is 0 Å². The molecule has 0 radical (unpaired) electrons. The predicted octanol–water partition coefficient (Wildman–Crippen LogP) is 0.162. The van der Waals surface area contributed by atoms with Crippen LogP contribution < -0.4 is 15.8 Å². The second-order valence-corrected chi connectivity index (χ2v) is 5.43. The summed E-state index contributed by atoms with van der Waals surface area (Å²) >= 11 is 0.941. The summed E-state index contributed by atoms with van der Waals surface area (Å²) in [4.78, 5) is 26.7. The van der Waals surface area contributed by atoms with Gasteiger partial charge in [-0.15, -0.1) is 4.37 Å². The largest absolute Gasteiger partial charge is 0.480 e. The maximum absolute atomic E-state index is 11.5. The SMILES string of the molecule is COc1nsc(C(N[C@@H](CC(C)C)C(=O)O)C(N)=O)n1. The molecule has 0 aliphatic heterocycles. The molecule has 0 saturated heterocycles. The van der Waals surface area contributed by atoms with Gasteiger partial charge in [-0.1, -0.05) is 13.8 Å². The number of rotatable bonds is 8. The van der Waals surface area contributed by atoms with Crippen LogP contribution in [0.2, 0.25) is 0 Å². The van der Waals surface area contributed by atoms with E-state index < -0.39 is 24.0 Å². The summed E-state index contributed by atoms with van der Waals surface area (Å²) in [7, 11) is 1.40. The minimum atomic E-state index is -1.04. The molecule has 0 bridgehead atoms. The first-order valence-corrected chi connectivity index (χ1v) is 6.78. The first kappa shape index (κ1) is 16.3. The number of nitrogens with zero attached hydrogens (tertiary/aromatic N) is 2. The molecule has 9 heteroatoms. The van der Waals surface area contributed by atoms with Crippen LogP contribution in [-0.2, 0) is 9.59 Å². The van der Waals surface area contributed by atoms with Crippen LogP contribution in [-0.4, -0.2) is 39.5 Å². The molecule has 1 rings (SSSR count).